The largest absolute Gasteiger partial charge is 0.434 e. The lowest BCUT2D eigenvalue weighted by atomic mass is 9.94. The summed E-state index contributed by atoms with van der Waals surface area (Å²) < 4.78 is 87.1. The maximum atomic E-state index is 15.2. The number of ether oxygens (including phenoxy) is 1. The Morgan fingerprint density at radius 3 is 2.58 bits per heavy atom. The van der Waals surface area contributed by atoms with Gasteiger partial charge in [-0.15, -0.1) is 0 Å². The standard InChI is InChI=1S/C26H18F6N6O2/c27-15-5-16-18(4-14(15)13-8-34-24(35-9-13)37-10-25(39,11-37)26(30,31)32)38-19-6-17(22(38)36-16)33-7-12-2-1-3-20(21(12)19)40-23(28)29/h1-5,7-9,17,23,33,39H,6,10-11H2/t17-/m1/s1. The van der Waals surface area contributed by atoms with Gasteiger partial charge in [-0.25, -0.2) is 19.3 Å². The summed E-state index contributed by atoms with van der Waals surface area (Å²) in [5.74, 6) is -0.0661. The lowest BCUT2D eigenvalue weighted by Gasteiger charge is -2.46. The van der Waals surface area contributed by atoms with E-state index in [4.69, 9.17) is 4.74 Å². The number of benzene rings is 2. The Kier molecular flexibility index (Phi) is 5.15. The number of alkyl halides is 5. The Labute approximate surface area is 220 Å². The molecular formula is C26H18F6N6O2. The summed E-state index contributed by atoms with van der Waals surface area (Å²) in [7, 11) is 0. The first-order valence-corrected chi connectivity index (χ1v) is 12.1. The second-order valence-corrected chi connectivity index (χ2v) is 9.90. The maximum Gasteiger partial charge on any atom is 0.420 e. The first-order chi connectivity index (χ1) is 19.0. The number of rotatable bonds is 4. The molecule has 0 unspecified atom stereocenters. The van der Waals surface area contributed by atoms with Gasteiger partial charge in [0.1, 0.15) is 17.4 Å². The van der Waals surface area contributed by atoms with Gasteiger partial charge in [-0.1, -0.05) is 12.1 Å². The number of aromatic nitrogens is 4. The van der Waals surface area contributed by atoms with Crippen molar-refractivity contribution < 1.29 is 36.2 Å². The molecule has 2 aromatic heterocycles. The highest BCUT2D eigenvalue weighted by molar-refractivity contribution is 5.87. The molecule has 0 saturated carbocycles. The van der Waals surface area contributed by atoms with Crippen LogP contribution in [0.1, 0.15) is 18.3 Å². The van der Waals surface area contributed by atoms with E-state index in [-0.39, 0.29) is 28.9 Å². The molecule has 1 fully saturated rings. The minimum Gasteiger partial charge on any atom is -0.434 e. The summed E-state index contributed by atoms with van der Waals surface area (Å²) >= 11 is 0. The van der Waals surface area contributed by atoms with Crippen LogP contribution in [-0.4, -0.2) is 56.1 Å². The Balaban J connectivity index is 1.31. The number of nitrogens with zero attached hydrogens (tertiary/aromatic N) is 5. The van der Waals surface area contributed by atoms with Gasteiger partial charge in [0.05, 0.1) is 30.2 Å². The fourth-order valence-electron chi connectivity index (χ4n) is 5.47. The van der Waals surface area contributed by atoms with E-state index in [0.29, 0.717) is 39.4 Å². The van der Waals surface area contributed by atoms with Crippen molar-refractivity contribution >= 4 is 28.9 Å². The Hall–Kier alpha value is -4.33. The quantitative estimate of drug-likeness (QED) is 0.372. The van der Waals surface area contributed by atoms with Gasteiger partial charge in [0.25, 0.3) is 0 Å². The van der Waals surface area contributed by atoms with Crippen LogP contribution in [0.2, 0.25) is 0 Å². The van der Waals surface area contributed by atoms with Crippen LogP contribution in [0, 0.1) is 5.82 Å². The average molecular weight is 560 g/mol. The molecule has 0 amide bonds. The minimum atomic E-state index is -4.77. The van der Waals surface area contributed by atoms with Crippen LogP contribution in [0.4, 0.5) is 32.3 Å². The summed E-state index contributed by atoms with van der Waals surface area (Å²) in [4.78, 5) is 13.9. The van der Waals surface area contributed by atoms with Crippen molar-refractivity contribution in [1.82, 2.24) is 24.8 Å². The number of hydrogen-bond donors (Lipinski definition) is 2. The number of anilines is 1. The molecule has 8 nitrogen and oxygen atoms in total. The molecule has 3 aliphatic heterocycles. The molecule has 1 saturated heterocycles. The van der Waals surface area contributed by atoms with Gasteiger partial charge < -0.3 is 20.1 Å². The van der Waals surface area contributed by atoms with Crippen molar-refractivity contribution in [3.05, 3.63) is 64.8 Å². The molecular weight excluding hydrogens is 542 g/mol. The lowest BCUT2D eigenvalue weighted by molar-refractivity contribution is -0.267. The molecule has 0 aliphatic carbocycles. The van der Waals surface area contributed by atoms with E-state index in [1.54, 1.807) is 29.0 Å². The van der Waals surface area contributed by atoms with Gasteiger partial charge >= 0.3 is 12.8 Å². The smallest absolute Gasteiger partial charge is 0.420 e. The SMILES string of the molecule is OC1(C(F)(F)F)CN(c2ncc(-c3cc4c(cc3F)nc3n4C4=c5c(OC(F)F)cccc5=CN[C@@H]3C4)cn2)C1. The van der Waals surface area contributed by atoms with Crippen molar-refractivity contribution in [3.8, 4) is 16.9 Å². The molecule has 0 radical (unpaired) electrons. The molecule has 1 atom stereocenters. The highest BCUT2D eigenvalue weighted by Gasteiger charge is 2.61. The van der Waals surface area contributed by atoms with Gasteiger partial charge in [-0.05, 0) is 12.1 Å². The minimum absolute atomic E-state index is 0.00522. The van der Waals surface area contributed by atoms with Gasteiger partial charge in [0.2, 0.25) is 5.95 Å². The first-order valence-electron chi connectivity index (χ1n) is 12.1. The zero-order chi connectivity index (χ0) is 28.0. The molecule has 2 N–H and O–H groups in total. The van der Waals surface area contributed by atoms with Crippen LogP contribution in [0.5, 0.6) is 5.75 Å². The molecule has 3 aliphatic rings. The predicted molar refractivity (Wildman–Crippen MR) is 130 cm³/mol. The summed E-state index contributed by atoms with van der Waals surface area (Å²) in [6.45, 7) is -4.44. The highest BCUT2D eigenvalue weighted by atomic mass is 19.4. The summed E-state index contributed by atoms with van der Waals surface area (Å²) in [6.07, 6.45) is -0.0580. The average Bonchev–Trinajstić information content (AvgIpc) is 3.33. The second-order valence-electron chi connectivity index (χ2n) is 9.90. The second kappa shape index (κ2) is 8.34. The molecule has 4 aromatic rings. The number of fused-ring (bicyclic) bond motifs is 8. The molecule has 5 heterocycles. The van der Waals surface area contributed by atoms with E-state index in [1.165, 1.54) is 29.4 Å². The molecule has 206 valence electrons. The fourth-order valence-corrected chi connectivity index (χ4v) is 5.47. The number of halogens is 6. The third kappa shape index (κ3) is 3.62. The highest BCUT2D eigenvalue weighted by Crippen LogP contribution is 2.40. The first kappa shape index (κ1) is 24.7. The van der Waals surface area contributed by atoms with Crippen LogP contribution in [0.15, 0.2) is 42.7 Å². The van der Waals surface area contributed by atoms with Crippen molar-refractivity contribution in [2.45, 2.75) is 30.9 Å². The number of aliphatic hydroxyl groups is 1. The van der Waals surface area contributed by atoms with Crippen molar-refractivity contribution in [1.29, 1.82) is 0 Å². The van der Waals surface area contributed by atoms with Crippen LogP contribution in [0.3, 0.4) is 0 Å². The fraction of sp³-hybridized carbons (Fsp3) is 0.269. The van der Waals surface area contributed by atoms with Crippen LogP contribution >= 0.6 is 0 Å². The Morgan fingerprint density at radius 2 is 1.88 bits per heavy atom. The summed E-state index contributed by atoms with van der Waals surface area (Å²) in [5.41, 5.74) is -0.910. The molecule has 14 heteroatoms. The van der Waals surface area contributed by atoms with Gasteiger partial charge in [-0.3, -0.25) is 4.57 Å². The number of nitrogens with one attached hydrogen (secondary N) is 1. The molecule has 0 spiro atoms. The Morgan fingerprint density at radius 1 is 1.12 bits per heavy atom. The van der Waals surface area contributed by atoms with E-state index >= 15 is 4.39 Å². The zero-order valence-electron chi connectivity index (χ0n) is 20.3. The summed E-state index contributed by atoms with van der Waals surface area (Å²) in [6, 6.07) is 7.36. The normalized spacial score (nSPS) is 19.1. The third-order valence-corrected chi connectivity index (χ3v) is 7.42. The van der Waals surface area contributed by atoms with Gasteiger partial charge in [0, 0.05) is 58.3 Å². The maximum absolute atomic E-state index is 15.2. The summed E-state index contributed by atoms with van der Waals surface area (Å²) in [5, 5.41) is 14.1. The number of hydrogen-bond acceptors (Lipinski definition) is 7. The van der Waals surface area contributed by atoms with Crippen molar-refractivity contribution in [2.75, 3.05) is 18.0 Å². The zero-order valence-corrected chi connectivity index (χ0v) is 20.3. The van der Waals surface area contributed by atoms with E-state index in [0.717, 1.165) is 0 Å². The van der Waals surface area contributed by atoms with E-state index < -0.39 is 37.3 Å². The molecule has 2 aromatic carbocycles. The molecule has 40 heavy (non-hydrogen) atoms. The third-order valence-electron chi connectivity index (χ3n) is 7.42. The van der Waals surface area contributed by atoms with E-state index in [2.05, 4.69) is 20.3 Å². The van der Waals surface area contributed by atoms with Crippen molar-refractivity contribution in [2.24, 2.45) is 0 Å². The van der Waals surface area contributed by atoms with E-state index in [1.807, 2.05) is 0 Å². The molecule has 7 rings (SSSR count). The van der Waals surface area contributed by atoms with Crippen LogP contribution in [0.25, 0.3) is 34.1 Å². The molecule has 2 bridgehead atoms. The van der Waals surface area contributed by atoms with Crippen LogP contribution < -0.4 is 25.4 Å². The van der Waals surface area contributed by atoms with Gasteiger partial charge in [-0.2, -0.15) is 22.0 Å². The lowest BCUT2D eigenvalue weighted by Crippen LogP contribution is -2.69. The number of β-amino-alcohol motifs (C(OH)–C–C–N with tert-alkyl or cyclic N) is 1. The van der Waals surface area contributed by atoms with E-state index in [9.17, 15) is 27.1 Å². The Bertz CT molecular complexity index is 1800. The number of imidazole rings is 1. The van der Waals surface area contributed by atoms with Gasteiger partial charge in [0.15, 0.2) is 5.60 Å². The van der Waals surface area contributed by atoms with Crippen LogP contribution in [-0.2, 0) is 0 Å². The topological polar surface area (TPSA) is 88.3 Å². The predicted octanol–water partition coefficient (Wildman–Crippen LogP) is 2.79. The van der Waals surface area contributed by atoms with Crippen molar-refractivity contribution in [3.63, 3.8) is 0 Å². The monoisotopic (exact) mass is 560 g/mol.